The summed E-state index contributed by atoms with van der Waals surface area (Å²) < 4.78 is 6.61. The molecule has 0 amide bonds. The maximum absolute atomic E-state index is 6.61. The van der Waals surface area contributed by atoms with E-state index in [1.54, 1.807) is 0 Å². The minimum atomic E-state index is -1.77. The third kappa shape index (κ3) is 3.85. The Labute approximate surface area is 119 Å². The van der Waals surface area contributed by atoms with Gasteiger partial charge in [-0.25, -0.2) is 5.46 Å². The summed E-state index contributed by atoms with van der Waals surface area (Å²) in [7, 11) is -1.46. The number of halogens is 1. The maximum Gasteiger partial charge on any atom is 0.258 e. The molecule has 0 saturated carbocycles. The molecule has 1 aromatic rings. The average molecular weight is 283 g/mol. The van der Waals surface area contributed by atoms with Crippen LogP contribution >= 0.6 is 0 Å². The summed E-state index contributed by atoms with van der Waals surface area (Å²) >= 11 is 0. The molecule has 0 bridgehead atoms. The Morgan fingerprint density at radius 3 is 1.53 bits per heavy atom. The van der Waals surface area contributed by atoms with Crippen LogP contribution in [0.25, 0.3) is 0 Å². The lowest BCUT2D eigenvalue weighted by Crippen LogP contribution is -2.50. The minimum Gasteiger partial charge on any atom is -0.543 e. The first-order valence-electron chi connectivity index (χ1n) is 6.56. The van der Waals surface area contributed by atoms with Crippen molar-refractivity contribution in [3.8, 4) is 5.75 Å². The van der Waals surface area contributed by atoms with E-state index in [0.717, 1.165) is 5.75 Å². The first kappa shape index (κ1) is 18.2. The van der Waals surface area contributed by atoms with Gasteiger partial charge in [-0.1, -0.05) is 53.7 Å². The SMILES string of the molecule is F.[BH3-]c1ccc(O[Si](C(C)C)(C(C)C)C(C)C)cc1. The van der Waals surface area contributed by atoms with Crippen LogP contribution in [0.3, 0.4) is 0 Å². The molecule has 0 heterocycles. The van der Waals surface area contributed by atoms with Crippen LogP contribution in [0.5, 0.6) is 5.75 Å². The monoisotopic (exact) mass is 283 g/mol. The molecule has 1 aromatic carbocycles. The highest BCUT2D eigenvalue weighted by Crippen LogP contribution is 2.42. The second-order valence-electron chi connectivity index (χ2n) is 5.66. The highest BCUT2D eigenvalue weighted by Gasteiger charge is 2.46. The zero-order valence-corrected chi connectivity index (χ0v) is 13.4. The van der Waals surface area contributed by atoms with Gasteiger partial charge in [0, 0.05) is 0 Å². The minimum absolute atomic E-state index is 0. The second kappa shape index (κ2) is 7.13. The van der Waals surface area contributed by atoms with Crippen molar-refractivity contribution in [2.45, 2.75) is 58.2 Å². The summed E-state index contributed by atoms with van der Waals surface area (Å²) in [6.07, 6.45) is 0. The number of hydrogen-bond acceptors (Lipinski definition) is 1. The molecule has 0 saturated heterocycles. The second-order valence-corrected chi connectivity index (χ2v) is 11.0. The summed E-state index contributed by atoms with van der Waals surface area (Å²) in [5.41, 5.74) is 3.45. The molecule has 110 valence electrons. The van der Waals surface area contributed by atoms with Gasteiger partial charge in [0.25, 0.3) is 8.32 Å². The van der Waals surface area contributed by atoms with Gasteiger partial charge in [0.15, 0.2) is 0 Å². The van der Waals surface area contributed by atoms with Crippen LogP contribution in [-0.2, 0) is 0 Å². The smallest absolute Gasteiger partial charge is 0.258 e. The van der Waals surface area contributed by atoms with Crippen LogP contribution < -0.4 is 9.89 Å². The molecule has 0 aliphatic carbocycles. The van der Waals surface area contributed by atoms with Crippen molar-refractivity contribution in [1.29, 1.82) is 0 Å². The molecule has 0 N–H and O–H groups in total. The Hall–Kier alpha value is -0.768. The van der Waals surface area contributed by atoms with E-state index < -0.39 is 8.32 Å². The summed E-state index contributed by atoms with van der Waals surface area (Å²) in [5.74, 6) is 1.08. The van der Waals surface area contributed by atoms with E-state index in [9.17, 15) is 0 Å². The van der Waals surface area contributed by atoms with E-state index >= 15 is 0 Å². The molecule has 0 aliphatic rings. The lowest BCUT2D eigenvalue weighted by Gasteiger charge is -2.42. The van der Waals surface area contributed by atoms with Crippen molar-refractivity contribution in [2.24, 2.45) is 0 Å². The lowest BCUT2D eigenvalue weighted by molar-refractivity contribution is 0.480. The van der Waals surface area contributed by atoms with Crippen LogP contribution in [0.1, 0.15) is 41.5 Å². The largest absolute Gasteiger partial charge is 0.543 e. The Kier molecular flexibility index (Phi) is 6.84. The van der Waals surface area contributed by atoms with E-state index in [2.05, 4.69) is 65.8 Å². The van der Waals surface area contributed by atoms with E-state index in [4.69, 9.17) is 4.43 Å². The normalized spacial score (nSPS) is 11.9. The molecular weight excluding hydrogens is 254 g/mol. The van der Waals surface area contributed by atoms with E-state index in [-0.39, 0.29) is 4.70 Å². The highest BCUT2D eigenvalue weighted by molar-refractivity contribution is 6.78. The predicted octanol–water partition coefficient (Wildman–Crippen LogP) is 3.38. The highest BCUT2D eigenvalue weighted by atomic mass is 28.4. The van der Waals surface area contributed by atoms with Gasteiger partial charge in [0.05, 0.1) is 0 Å². The molecule has 19 heavy (non-hydrogen) atoms. The first-order valence-corrected chi connectivity index (χ1v) is 8.70. The van der Waals surface area contributed by atoms with Gasteiger partial charge in [0.2, 0.25) is 0 Å². The fourth-order valence-electron chi connectivity index (χ4n) is 3.00. The number of rotatable bonds is 5. The Morgan fingerprint density at radius 2 is 1.21 bits per heavy atom. The third-order valence-corrected chi connectivity index (χ3v) is 9.69. The van der Waals surface area contributed by atoms with Gasteiger partial charge >= 0.3 is 0 Å². The zero-order valence-electron chi connectivity index (χ0n) is 12.4. The zero-order chi connectivity index (χ0) is 13.9. The fourth-order valence-corrected chi connectivity index (χ4v) is 8.25. The van der Waals surface area contributed by atoms with Gasteiger partial charge in [-0.2, -0.15) is 0 Å². The Morgan fingerprint density at radius 1 is 0.842 bits per heavy atom. The van der Waals surface area contributed by atoms with E-state index in [0.29, 0.717) is 24.5 Å². The lowest BCUT2D eigenvalue weighted by atomic mass is 9.97. The quantitative estimate of drug-likeness (QED) is 0.753. The summed E-state index contributed by atoms with van der Waals surface area (Å²) in [4.78, 5) is 0. The molecule has 1 rings (SSSR count). The van der Waals surface area contributed by atoms with Crippen LogP contribution in [0, 0.1) is 0 Å². The molecule has 0 spiro atoms. The van der Waals surface area contributed by atoms with Crippen molar-refractivity contribution < 1.29 is 9.13 Å². The predicted molar refractivity (Wildman–Crippen MR) is 90.2 cm³/mol. The Bertz CT molecular complexity index is 354. The topological polar surface area (TPSA) is 9.23 Å². The summed E-state index contributed by atoms with van der Waals surface area (Å²) in [6, 6.07) is 8.85. The van der Waals surface area contributed by atoms with Crippen molar-refractivity contribution in [1.82, 2.24) is 0 Å². The first-order chi connectivity index (χ1) is 8.30. The molecule has 0 aromatic heterocycles. The van der Waals surface area contributed by atoms with Crippen molar-refractivity contribution in [2.75, 3.05) is 0 Å². The summed E-state index contributed by atoms with van der Waals surface area (Å²) in [6.45, 7) is 14.0. The Balaban J connectivity index is 0.00000324. The molecule has 1 nitrogen and oxygen atoms in total. The molecule has 0 fully saturated rings. The fraction of sp³-hybridized carbons (Fsp3) is 0.600. The number of hydrogen-bond donors (Lipinski definition) is 0. The average Bonchev–Trinajstić information content (AvgIpc) is 2.26. The van der Waals surface area contributed by atoms with E-state index in [1.807, 2.05) is 0 Å². The van der Waals surface area contributed by atoms with E-state index in [1.165, 1.54) is 5.46 Å². The van der Waals surface area contributed by atoms with Gasteiger partial charge in [-0.15, -0.1) is 0 Å². The van der Waals surface area contributed by atoms with Crippen LogP contribution in [0.15, 0.2) is 24.3 Å². The molecular formula is C15H29BFOSi-. The standard InChI is InChI=1S/C15H28BOSi.FH/c1-11(2)18(12(3)4,13(5)6)17-15-9-7-14(16)8-10-15;/h7-13H,1-6,16H3;1H/q-1;. The van der Waals surface area contributed by atoms with Crippen molar-refractivity contribution in [3.63, 3.8) is 0 Å². The number of benzene rings is 1. The molecule has 0 atom stereocenters. The summed E-state index contributed by atoms with van der Waals surface area (Å²) in [5, 5.41) is 0. The van der Waals surface area contributed by atoms with Crippen molar-refractivity contribution in [3.05, 3.63) is 24.3 Å². The van der Waals surface area contributed by atoms with Crippen LogP contribution in [0.2, 0.25) is 16.6 Å². The van der Waals surface area contributed by atoms with Gasteiger partial charge in [0.1, 0.15) is 5.75 Å². The van der Waals surface area contributed by atoms with Crippen LogP contribution in [-0.4, -0.2) is 16.2 Å². The molecule has 0 unspecified atom stereocenters. The van der Waals surface area contributed by atoms with Gasteiger partial charge < -0.3 is 4.43 Å². The van der Waals surface area contributed by atoms with Gasteiger partial charge in [-0.05, 0) is 36.6 Å². The van der Waals surface area contributed by atoms with Gasteiger partial charge in [-0.3, -0.25) is 4.70 Å². The van der Waals surface area contributed by atoms with Crippen LogP contribution in [0.4, 0.5) is 4.70 Å². The third-order valence-electron chi connectivity index (χ3n) is 3.69. The molecule has 0 aliphatic heterocycles. The van der Waals surface area contributed by atoms with Crippen molar-refractivity contribution >= 4 is 21.6 Å². The molecule has 4 heteroatoms. The maximum atomic E-state index is 6.61. The molecule has 0 radical (unpaired) electrons.